The minimum absolute atomic E-state index is 0.0101. The number of carbonyl (C=O) groups is 1. The van der Waals surface area contributed by atoms with Gasteiger partial charge in [0.05, 0.1) is 58.8 Å². The molecule has 0 aromatic heterocycles. The Morgan fingerprint density at radius 1 is 1.00 bits per heavy atom. The number of thioether (sulfide) groups is 1. The first-order chi connectivity index (χ1) is 35.7. The van der Waals surface area contributed by atoms with Gasteiger partial charge in [-0.15, -0.1) is 11.8 Å². The highest BCUT2D eigenvalue weighted by Crippen LogP contribution is 2.51. The minimum Gasteiger partial charge on any atom is -0.490 e. The molecule has 10 rings (SSSR count). The highest BCUT2D eigenvalue weighted by Gasteiger charge is 2.55. The summed E-state index contributed by atoms with van der Waals surface area (Å²) in [7, 11) is 0. The number of nitrogens with one attached hydrogen (secondary N) is 5. The number of rotatable bonds is 15. The average Bonchev–Trinajstić information content (AvgIpc) is 4.19. The zero-order chi connectivity index (χ0) is 51.7. The fourth-order valence-electron chi connectivity index (χ4n) is 13.5. The molecule has 7 heterocycles. The molecule has 1 spiro atoms. The smallest absolute Gasteiger partial charge is 0.417 e. The summed E-state index contributed by atoms with van der Waals surface area (Å²) in [6.07, 6.45) is 9.32. The second kappa shape index (κ2) is 23.4. The summed E-state index contributed by atoms with van der Waals surface area (Å²) in [5, 5.41) is 18.9. The van der Waals surface area contributed by atoms with Crippen molar-refractivity contribution in [2.45, 2.75) is 190 Å². The zero-order valence-corrected chi connectivity index (χ0v) is 45.3. The summed E-state index contributed by atoms with van der Waals surface area (Å²) in [4.78, 5) is 26.7. The Morgan fingerprint density at radius 2 is 1.78 bits per heavy atom. The molecule has 8 aliphatic rings. The molecule has 6 saturated heterocycles. The number of likely N-dealkylation sites (tertiary alicyclic amines) is 1. The molecule has 5 N–H and O–H groups in total. The van der Waals surface area contributed by atoms with Gasteiger partial charge in [-0.25, -0.2) is 21.3 Å². The number of anilines is 1. The van der Waals surface area contributed by atoms with Gasteiger partial charge in [-0.05, 0) is 107 Å². The van der Waals surface area contributed by atoms with Crippen LogP contribution in [-0.4, -0.2) is 132 Å². The van der Waals surface area contributed by atoms with Crippen LogP contribution in [0.15, 0.2) is 41.4 Å². The molecule has 1 aliphatic carbocycles. The third-order valence-corrected chi connectivity index (χ3v) is 20.0. The number of benzene rings is 2. The van der Waals surface area contributed by atoms with Crippen molar-refractivity contribution in [2.75, 3.05) is 50.8 Å². The number of hydrazine groups is 2. The number of fused-ring (bicyclic) bond motifs is 3. The highest BCUT2D eigenvalue weighted by atomic mass is 35.5. The molecule has 14 nitrogen and oxygen atoms in total. The van der Waals surface area contributed by atoms with Crippen molar-refractivity contribution in [1.82, 2.24) is 41.7 Å². The largest absolute Gasteiger partial charge is 0.490 e. The molecule has 0 radical (unpaired) electrons. The van der Waals surface area contributed by atoms with Gasteiger partial charge in [-0.1, -0.05) is 64.1 Å². The van der Waals surface area contributed by atoms with Crippen LogP contribution in [0.1, 0.15) is 141 Å². The zero-order valence-electron chi connectivity index (χ0n) is 43.8. The van der Waals surface area contributed by atoms with Crippen molar-refractivity contribution in [3.63, 3.8) is 0 Å². The van der Waals surface area contributed by atoms with Gasteiger partial charge >= 0.3 is 6.18 Å². The molecule has 406 valence electrons. The van der Waals surface area contributed by atoms with Crippen LogP contribution >= 0.6 is 23.4 Å². The van der Waals surface area contributed by atoms with Crippen LogP contribution in [0.5, 0.6) is 5.75 Å². The van der Waals surface area contributed by atoms with E-state index in [9.17, 15) is 10.1 Å². The molecule has 0 bridgehead atoms. The van der Waals surface area contributed by atoms with Crippen LogP contribution < -0.4 is 36.5 Å². The van der Waals surface area contributed by atoms with E-state index in [-0.39, 0.29) is 88.3 Å². The second-order valence-electron chi connectivity index (χ2n) is 22.7. The second-order valence-corrected chi connectivity index (χ2v) is 24.6. The maximum absolute atomic E-state index is 15.6. The molecule has 7 fully saturated rings. The van der Waals surface area contributed by atoms with Gasteiger partial charge in [0.25, 0.3) is 0 Å². The predicted octanol–water partition coefficient (Wildman–Crippen LogP) is 8.60. The van der Waals surface area contributed by atoms with Crippen LogP contribution in [0.2, 0.25) is 5.02 Å². The highest BCUT2D eigenvalue weighted by molar-refractivity contribution is 8.00. The molecule has 10 unspecified atom stereocenters. The fourth-order valence-corrected chi connectivity index (χ4v) is 15.6. The number of halogens is 4. The molecule has 1 saturated carbocycles. The molecule has 1 amide bonds. The lowest BCUT2D eigenvalue weighted by Crippen LogP contribution is -2.64. The maximum Gasteiger partial charge on any atom is 0.417 e. The molecular weight excluding hydrogens is 987 g/mol. The average molecular weight is 1070 g/mol. The lowest BCUT2D eigenvalue weighted by Gasteiger charge is -2.45. The number of aliphatic imine (C=N–C) groups is 1. The van der Waals surface area contributed by atoms with Gasteiger partial charge in [-0.2, -0.15) is 18.4 Å². The quantitative estimate of drug-likeness (QED) is 0.109. The van der Waals surface area contributed by atoms with Crippen LogP contribution in [0.25, 0.3) is 0 Å². The van der Waals surface area contributed by atoms with Gasteiger partial charge in [-0.3, -0.25) is 24.9 Å². The van der Waals surface area contributed by atoms with Gasteiger partial charge < -0.3 is 19.7 Å². The van der Waals surface area contributed by atoms with Gasteiger partial charge in [0.2, 0.25) is 5.91 Å². The molecule has 74 heavy (non-hydrogen) atoms. The van der Waals surface area contributed by atoms with Crippen molar-refractivity contribution < 1.29 is 27.4 Å². The number of ether oxygens (including phenoxy) is 2. The normalized spacial score (nSPS) is 33.8. The Balaban J connectivity index is 0.779. The lowest BCUT2D eigenvalue weighted by atomic mass is 9.77. The van der Waals surface area contributed by atoms with Crippen LogP contribution in [0.4, 0.5) is 18.9 Å². The van der Waals surface area contributed by atoms with Crippen LogP contribution in [0.3, 0.4) is 0 Å². The van der Waals surface area contributed by atoms with Gasteiger partial charge in [0.15, 0.2) is 0 Å². The number of alkyl halides is 3. The van der Waals surface area contributed by atoms with E-state index in [1.165, 1.54) is 25.3 Å². The van der Waals surface area contributed by atoms with Crippen LogP contribution in [0, 0.1) is 28.6 Å². The molecule has 2 aromatic carbocycles. The SMILES string of the molecule is CCCCCCCN1NC(N2CCC3(CCN(c4ccc(C5=NC(CC6NCCO6)C6NNC(C)N6C6SC(C)C(C)C56)c(C(F)(F)F)c4)CC3)C2)CCC1C(=O)NC1CCC(Oc2ccc(C#N)c(Cl)c2)CC1. The number of nitriles is 1. The minimum atomic E-state index is -4.57. The standard InChI is InChI=1S/C55H79ClF3N11O3S/c1-5-6-7-8-9-24-69-46(52(71)62-38-11-15-40(16-12-38)73-41-14-10-37(32-60)44(56)30-41)18-19-47(66-69)68-27-22-54(33-68)20-25-67(26-21-54)39-13-17-42(43(29-39)55(57,58)59)50-49-34(2)35(3)74-53(49)70-36(4)64-65-51(70)45(63-50)31-48-61-23-28-72-48/h10,13-14,17,29-30,34-36,38,40,45-49,51,53,61,64-66H,5-9,11-12,15-16,18-28,31,33H2,1-4H3,(H,62,71). The molecular formula is C55H79ClF3N11O3S. The Labute approximate surface area is 445 Å². The van der Waals surface area contributed by atoms with E-state index in [2.05, 4.69) is 80.4 Å². The van der Waals surface area contributed by atoms with E-state index < -0.39 is 11.7 Å². The first-order valence-corrected chi connectivity index (χ1v) is 29.3. The Bertz CT molecular complexity index is 2340. The van der Waals surface area contributed by atoms with Crippen molar-refractivity contribution in [2.24, 2.45) is 22.2 Å². The number of unbranched alkanes of at least 4 members (excludes halogenated alkanes) is 4. The topological polar surface area (TPSA) is 145 Å². The van der Waals surface area contributed by atoms with E-state index in [1.54, 1.807) is 24.3 Å². The Hall–Kier alpha value is -3.22. The molecule has 19 heteroatoms. The summed E-state index contributed by atoms with van der Waals surface area (Å²) < 4.78 is 58.9. The van der Waals surface area contributed by atoms with Crippen molar-refractivity contribution in [1.29, 1.82) is 5.26 Å². The summed E-state index contributed by atoms with van der Waals surface area (Å²) in [6.45, 7) is 14.2. The number of piperidine rings is 1. The summed E-state index contributed by atoms with van der Waals surface area (Å²) in [6, 6.07) is 11.9. The molecule has 10 atom stereocenters. The number of hydrogen-bond donors (Lipinski definition) is 5. The van der Waals surface area contributed by atoms with E-state index in [1.807, 2.05) is 17.8 Å². The monoisotopic (exact) mass is 1070 g/mol. The number of carbonyl (C=O) groups excluding carboxylic acids is 1. The number of nitrogens with zero attached hydrogens (tertiary/aromatic N) is 6. The Morgan fingerprint density at radius 3 is 2.51 bits per heavy atom. The lowest BCUT2D eigenvalue weighted by molar-refractivity contribution is -0.137. The van der Waals surface area contributed by atoms with E-state index in [4.69, 9.17) is 26.1 Å². The third kappa shape index (κ3) is 11.8. The summed E-state index contributed by atoms with van der Waals surface area (Å²) in [5.41, 5.74) is 12.1. The maximum atomic E-state index is 15.6. The fraction of sp³-hybridized carbons (Fsp3) is 0.727. The summed E-state index contributed by atoms with van der Waals surface area (Å²) in [5.74, 6) is 0.691. The van der Waals surface area contributed by atoms with Crippen LogP contribution in [-0.2, 0) is 15.7 Å². The van der Waals surface area contributed by atoms with Gasteiger partial charge in [0.1, 0.15) is 24.1 Å². The van der Waals surface area contributed by atoms with E-state index >= 15 is 13.2 Å². The van der Waals surface area contributed by atoms with Gasteiger partial charge in [0, 0.05) is 85.9 Å². The third-order valence-electron chi connectivity index (χ3n) is 18.0. The Kier molecular flexibility index (Phi) is 17.1. The first-order valence-electron chi connectivity index (χ1n) is 28.0. The first kappa shape index (κ1) is 54.1. The summed E-state index contributed by atoms with van der Waals surface area (Å²) >= 11 is 8.11. The molecule has 7 aliphatic heterocycles. The molecule has 2 aromatic rings. The van der Waals surface area contributed by atoms with Crippen molar-refractivity contribution in [3.05, 3.63) is 58.1 Å². The van der Waals surface area contributed by atoms with Crippen molar-refractivity contribution in [3.8, 4) is 11.8 Å². The predicted molar refractivity (Wildman–Crippen MR) is 285 cm³/mol. The van der Waals surface area contributed by atoms with E-state index in [0.717, 1.165) is 96.8 Å². The van der Waals surface area contributed by atoms with E-state index in [0.29, 0.717) is 53.9 Å². The number of hydrogen-bond acceptors (Lipinski definition) is 14. The van der Waals surface area contributed by atoms with Crippen molar-refractivity contribution >= 4 is 40.7 Å². The number of amides is 1.